The summed E-state index contributed by atoms with van der Waals surface area (Å²) < 4.78 is 16.1. The van der Waals surface area contributed by atoms with E-state index in [9.17, 15) is 4.79 Å². The van der Waals surface area contributed by atoms with Crippen LogP contribution in [0.1, 0.15) is 41.9 Å². The molecule has 146 valence electrons. The second kappa shape index (κ2) is 8.85. The fourth-order valence-corrected chi connectivity index (χ4v) is 3.41. The summed E-state index contributed by atoms with van der Waals surface area (Å²) in [5.41, 5.74) is 0.924. The molecule has 2 aromatic rings. The van der Waals surface area contributed by atoms with E-state index in [0.29, 0.717) is 36.4 Å². The second-order valence-corrected chi connectivity index (χ2v) is 6.50. The van der Waals surface area contributed by atoms with Crippen molar-refractivity contribution in [1.82, 2.24) is 20.4 Å². The van der Waals surface area contributed by atoms with Crippen molar-refractivity contribution in [2.45, 2.75) is 32.2 Å². The molecule has 3 rings (SSSR count). The van der Waals surface area contributed by atoms with E-state index in [4.69, 9.17) is 13.9 Å². The molecule has 1 amide bonds. The van der Waals surface area contributed by atoms with Gasteiger partial charge in [-0.1, -0.05) is 13.0 Å². The first kappa shape index (κ1) is 19.2. The molecular weight excluding hydrogens is 348 g/mol. The number of aromatic nitrogens is 2. The Morgan fingerprint density at radius 1 is 1.30 bits per heavy atom. The van der Waals surface area contributed by atoms with Crippen LogP contribution >= 0.6 is 0 Å². The topological polar surface area (TPSA) is 89.7 Å². The predicted octanol–water partition coefficient (Wildman–Crippen LogP) is 1.89. The van der Waals surface area contributed by atoms with Crippen LogP contribution in [0.3, 0.4) is 0 Å². The van der Waals surface area contributed by atoms with E-state index < -0.39 is 0 Å². The van der Waals surface area contributed by atoms with Gasteiger partial charge in [0, 0.05) is 12.6 Å². The van der Waals surface area contributed by atoms with Crippen molar-refractivity contribution >= 4 is 5.91 Å². The zero-order valence-electron chi connectivity index (χ0n) is 16.0. The molecule has 1 aliphatic rings. The van der Waals surface area contributed by atoms with E-state index in [0.717, 1.165) is 25.1 Å². The summed E-state index contributed by atoms with van der Waals surface area (Å²) in [6, 6.07) is 5.94. The number of nitrogens with one attached hydrogen (secondary N) is 1. The first-order valence-corrected chi connectivity index (χ1v) is 9.20. The van der Waals surface area contributed by atoms with Gasteiger partial charge in [0.2, 0.25) is 5.89 Å². The maximum Gasteiger partial charge on any atom is 0.308 e. The Kier molecular flexibility index (Phi) is 6.28. The van der Waals surface area contributed by atoms with Gasteiger partial charge in [0.15, 0.2) is 11.5 Å². The van der Waals surface area contributed by atoms with Crippen molar-refractivity contribution < 1.29 is 18.7 Å². The van der Waals surface area contributed by atoms with Gasteiger partial charge in [0.1, 0.15) is 0 Å². The molecule has 1 aromatic heterocycles. The van der Waals surface area contributed by atoms with Crippen LogP contribution in [-0.2, 0) is 6.42 Å². The second-order valence-electron chi connectivity index (χ2n) is 6.50. The Hall–Kier alpha value is -2.61. The van der Waals surface area contributed by atoms with Crippen LogP contribution < -0.4 is 14.8 Å². The molecule has 0 unspecified atom stereocenters. The average molecular weight is 374 g/mol. The molecule has 1 aromatic carbocycles. The smallest absolute Gasteiger partial charge is 0.308 e. The molecule has 1 aliphatic heterocycles. The average Bonchev–Trinajstić information content (AvgIpc) is 3.35. The maximum atomic E-state index is 12.3. The number of likely N-dealkylation sites (N-methyl/N-ethyl adjacent to an activating group) is 1. The first-order valence-electron chi connectivity index (χ1n) is 9.20. The van der Waals surface area contributed by atoms with Crippen LogP contribution in [0.25, 0.3) is 0 Å². The van der Waals surface area contributed by atoms with Crippen molar-refractivity contribution in [2.75, 3.05) is 33.9 Å². The number of hydrogen-bond donors (Lipinski definition) is 1. The number of hydrogen-bond acceptors (Lipinski definition) is 7. The lowest BCUT2D eigenvalue weighted by atomic mass is 10.1. The van der Waals surface area contributed by atoms with E-state index >= 15 is 0 Å². The Labute approximate surface area is 158 Å². The van der Waals surface area contributed by atoms with Gasteiger partial charge >= 0.3 is 11.8 Å². The number of likely N-dealkylation sites (tertiary alicyclic amines) is 1. The van der Waals surface area contributed by atoms with E-state index in [1.807, 2.05) is 18.2 Å². The molecule has 8 nitrogen and oxygen atoms in total. The zero-order chi connectivity index (χ0) is 19.2. The fourth-order valence-electron chi connectivity index (χ4n) is 3.41. The highest BCUT2D eigenvalue weighted by molar-refractivity contribution is 5.89. The zero-order valence-corrected chi connectivity index (χ0v) is 16.0. The van der Waals surface area contributed by atoms with Gasteiger partial charge in [-0.15, -0.1) is 10.2 Å². The quantitative estimate of drug-likeness (QED) is 0.755. The number of carbonyl (C=O) groups is 1. The third-order valence-electron chi connectivity index (χ3n) is 4.87. The largest absolute Gasteiger partial charge is 0.493 e. The van der Waals surface area contributed by atoms with Crippen LogP contribution in [-0.4, -0.2) is 60.9 Å². The van der Waals surface area contributed by atoms with Gasteiger partial charge in [-0.05, 0) is 43.6 Å². The summed E-state index contributed by atoms with van der Waals surface area (Å²) in [5, 5.41) is 10.8. The van der Waals surface area contributed by atoms with Crippen molar-refractivity contribution in [3.63, 3.8) is 0 Å². The number of benzene rings is 1. The summed E-state index contributed by atoms with van der Waals surface area (Å²) in [5.74, 6) is 1.32. The maximum absolute atomic E-state index is 12.3. The standard InChI is InChI=1S/C19H26N4O4/c1-4-23-9-5-6-14(23)12-20-18(24)19-22-21-17(27-19)11-13-7-8-15(25-2)16(10-13)26-3/h7-8,10,14H,4-6,9,11-12H2,1-3H3,(H,20,24)/t14-/m1/s1. The van der Waals surface area contributed by atoms with Gasteiger partial charge < -0.3 is 19.2 Å². The van der Waals surface area contributed by atoms with E-state index in [2.05, 4.69) is 27.3 Å². The van der Waals surface area contributed by atoms with Crippen LogP contribution in [0.5, 0.6) is 11.5 Å². The van der Waals surface area contributed by atoms with Gasteiger partial charge in [0.05, 0.1) is 20.6 Å². The number of methoxy groups -OCH3 is 2. The third-order valence-corrected chi connectivity index (χ3v) is 4.87. The van der Waals surface area contributed by atoms with Crippen molar-refractivity contribution in [3.05, 3.63) is 35.5 Å². The minimum absolute atomic E-state index is 0.00785. The predicted molar refractivity (Wildman–Crippen MR) is 99.3 cm³/mol. The summed E-state index contributed by atoms with van der Waals surface area (Å²) >= 11 is 0. The lowest BCUT2D eigenvalue weighted by Crippen LogP contribution is -2.40. The summed E-state index contributed by atoms with van der Waals surface area (Å²) in [7, 11) is 3.17. The van der Waals surface area contributed by atoms with Crippen LogP contribution in [0.2, 0.25) is 0 Å². The Morgan fingerprint density at radius 2 is 2.11 bits per heavy atom. The van der Waals surface area contributed by atoms with E-state index in [1.54, 1.807) is 14.2 Å². The number of ether oxygens (including phenoxy) is 2. The Morgan fingerprint density at radius 3 is 2.85 bits per heavy atom. The Bertz CT molecular complexity index is 777. The first-order chi connectivity index (χ1) is 13.1. The molecule has 2 heterocycles. The van der Waals surface area contributed by atoms with Gasteiger partial charge in [-0.25, -0.2) is 0 Å². The highest BCUT2D eigenvalue weighted by atomic mass is 16.5. The van der Waals surface area contributed by atoms with Crippen LogP contribution in [0.4, 0.5) is 0 Å². The minimum Gasteiger partial charge on any atom is -0.493 e. The SMILES string of the molecule is CCN1CCC[C@@H]1CNC(=O)c1nnc(Cc2ccc(OC)c(OC)c2)o1. The molecule has 0 saturated carbocycles. The molecule has 0 radical (unpaired) electrons. The molecule has 1 saturated heterocycles. The summed E-state index contributed by atoms with van der Waals surface area (Å²) in [6.45, 7) is 4.82. The number of nitrogens with zero attached hydrogens (tertiary/aromatic N) is 3. The minimum atomic E-state index is -0.330. The van der Waals surface area contributed by atoms with Crippen LogP contribution in [0.15, 0.2) is 22.6 Å². The van der Waals surface area contributed by atoms with E-state index in [-0.39, 0.29) is 11.8 Å². The van der Waals surface area contributed by atoms with E-state index in [1.165, 1.54) is 6.42 Å². The summed E-state index contributed by atoms with van der Waals surface area (Å²) in [4.78, 5) is 14.7. The summed E-state index contributed by atoms with van der Waals surface area (Å²) in [6.07, 6.45) is 2.68. The molecule has 1 N–H and O–H groups in total. The molecule has 1 fully saturated rings. The molecule has 0 spiro atoms. The molecule has 0 aliphatic carbocycles. The van der Waals surface area contributed by atoms with Crippen molar-refractivity contribution in [3.8, 4) is 11.5 Å². The van der Waals surface area contributed by atoms with Crippen molar-refractivity contribution in [2.24, 2.45) is 0 Å². The molecule has 27 heavy (non-hydrogen) atoms. The number of rotatable bonds is 8. The molecular formula is C19H26N4O4. The fraction of sp³-hybridized carbons (Fsp3) is 0.526. The molecule has 1 atom stereocenters. The van der Waals surface area contributed by atoms with Gasteiger partial charge in [-0.3, -0.25) is 9.69 Å². The monoisotopic (exact) mass is 374 g/mol. The highest BCUT2D eigenvalue weighted by Crippen LogP contribution is 2.28. The van der Waals surface area contributed by atoms with Gasteiger partial charge in [0.25, 0.3) is 0 Å². The molecule has 8 heteroatoms. The number of carbonyl (C=O) groups excluding carboxylic acids is 1. The highest BCUT2D eigenvalue weighted by Gasteiger charge is 2.24. The molecule has 0 bridgehead atoms. The lowest BCUT2D eigenvalue weighted by molar-refractivity contribution is 0.0905. The van der Waals surface area contributed by atoms with Crippen LogP contribution in [0, 0.1) is 0 Å². The lowest BCUT2D eigenvalue weighted by Gasteiger charge is -2.22. The van der Waals surface area contributed by atoms with Gasteiger partial charge in [-0.2, -0.15) is 0 Å². The third kappa shape index (κ3) is 4.57. The van der Waals surface area contributed by atoms with Crippen molar-refractivity contribution in [1.29, 1.82) is 0 Å². The normalized spacial score (nSPS) is 17.1. The Balaban J connectivity index is 1.58. The number of amides is 1.